The maximum Gasteiger partial charge on any atom is 0.328 e. The molecule has 0 aromatic heterocycles. The van der Waals surface area contributed by atoms with Gasteiger partial charge in [-0.3, -0.25) is 4.79 Å². The van der Waals surface area contributed by atoms with E-state index in [1.54, 1.807) is 0 Å². The molecule has 7 heteroatoms. The number of aliphatic hydroxyl groups is 1. The number of carboxylic acids is 1. The minimum absolute atomic E-state index is 0.0759. The molecule has 5 atom stereocenters. The maximum atomic E-state index is 12.5. The van der Waals surface area contributed by atoms with Crippen molar-refractivity contribution >= 4 is 11.9 Å². The summed E-state index contributed by atoms with van der Waals surface area (Å²) in [5.41, 5.74) is 4.55. The van der Waals surface area contributed by atoms with Crippen molar-refractivity contribution in [2.45, 2.75) is 51.0 Å². The number of carboxylic acid groups (broad SMARTS) is 1. The summed E-state index contributed by atoms with van der Waals surface area (Å²) in [6, 6.07) is -1.36. The highest BCUT2D eigenvalue weighted by Crippen LogP contribution is 2.58. The number of hydrogen-bond donors (Lipinski definition) is 4. The van der Waals surface area contributed by atoms with E-state index in [1.165, 1.54) is 6.92 Å². The van der Waals surface area contributed by atoms with E-state index in [4.69, 9.17) is 15.6 Å². The lowest BCUT2D eigenvalue weighted by molar-refractivity contribution is -0.177. The van der Waals surface area contributed by atoms with Crippen LogP contribution in [0.2, 0.25) is 0 Å². The monoisotopic (exact) mass is 286 g/mol. The lowest BCUT2D eigenvalue weighted by atomic mass is 9.48. The molecule has 5 N–H and O–H groups in total. The zero-order chi connectivity index (χ0) is 15.3. The van der Waals surface area contributed by atoms with Crippen molar-refractivity contribution in [3.63, 3.8) is 0 Å². The van der Waals surface area contributed by atoms with Crippen molar-refractivity contribution in [1.29, 1.82) is 0 Å². The molecule has 1 amide bonds. The average molecular weight is 286 g/mol. The van der Waals surface area contributed by atoms with Gasteiger partial charge in [-0.1, -0.05) is 13.8 Å². The van der Waals surface area contributed by atoms with Crippen LogP contribution in [0, 0.1) is 11.3 Å². The number of amides is 1. The molecule has 0 radical (unpaired) electrons. The molecule has 0 aromatic rings. The number of carbonyl (C=O) groups excluding carboxylic acids is 1. The summed E-state index contributed by atoms with van der Waals surface area (Å²) in [6.07, 6.45) is -0.586. The van der Waals surface area contributed by atoms with Crippen LogP contribution in [0.4, 0.5) is 0 Å². The van der Waals surface area contributed by atoms with E-state index in [0.717, 1.165) is 0 Å². The zero-order valence-electron chi connectivity index (χ0n) is 11.9. The third-order valence-corrected chi connectivity index (χ3v) is 4.86. The first-order chi connectivity index (χ1) is 9.14. The van der Waals surface area contributed by atoms with Crippen molar-refractivity contribution in [2.24, 2.45) is 17.1 Å². The molecule has 0 spiro atoms. The molecular formula is C13H22N2O5. The van der Waals surface area contributed by atoms with Gasteiger partial charge in [0, 0.05) is 17.9 Å². The first kappa shape index (κ1) is 15.2. The van der Waals surface area contributed by atoms with Gasteiger partial charge in [-0.15, -0.1) is 0 Å². The zero-order valence-corrected chi connectivity index (χ0v) is 11.9. The van der Waals surface area contributed by atoms with Crippen molar-refractivity contribution in [3.05, 3.63) is 0 Å². The number of aliphatic hydroxyl groups excluding tert-OH is 1. The second-order valence-electron chi connectivity index (χ2n) is 6.31. The van der Waals surface area contributed by atoms with E-state index >= 15 is 0 Å². The Hall–Kier alpha value is -1.18. The summed E-state index contributed by atoms with van der Waals surface area (Å²) in [5.74, 6) is -1.93. The summed E-state index contributed by atoms with van der Waals surface area (Å²) in [4.78, 5) is 23.5. The normalized spacial score (nSPS) is 37.5. The van der Waals surface area contributed by atoms with Gasteiger partial charge in [0.15, 0.2) is 6.04 Å². The smallest absolute Gasteiger partial charge is 0.328 e. The van der Waals surface area contributed by atoms with Crippen LogP contribution in [0.1, 0.15) is 27.2 Å². The fourth-order valence-electron chi connectivity index (χ4n) is 3.49. The second kappa shape index (κ2) is 4.68. The second-order valence-corrected chi connectivity index (χ2v) is 6.31. The van der Waals surface area contributed by atoms with E-state index in [0.29, 0.717) is 13.0 Å². The summed E-state index contributed by atoms with van der Waals surface area (Å²) in [6.45, 7) is 5.56. The number of rotatable bonds is 4. The third-order valence-electron chi connectivity index (χ3n) is 4.86. The highest BCUT2D eigenvalue weighted by Gasteiger charge is 2.71. The molecule has 2 rings (SSSR count). The Morgan fingerprint density at radius 1 is 1.45 bits per heavy atom. The Bertz CT molecular complexity index is 436. The van der Waals surface area contributed by atoms with Crippen molar-refractivity contribution in [3.8, 4) is 0 Å². The van der Waals surface area contributed by atoms with Gasteiger partial charge < -0.3 is 26.0 Å². The van der Waals surface area contributed by atoms with E-state index in [-0.39, 0.29) is 12.0 Å². The van der Waals surface area contributed by atoms with Crippen LogP contribution in [0.25, 0.3) is 0 Å². The Kier molecular flexibility index (Phi) is 3.56. The van der Waals surface area contributed by atoms with Crippen LogP contribution in [-0.4, -0.2) is 52.5 Å². The molecule has 20 heavy (non-hydrogen) atoms. The van der Waals surface area contributed by atoms with E-state index in [2.05, 4.69) is 5.32 Å². The van der Waals surface area contributed by atoms with E-state index in [1.807, 2.05) is 13.8 Å². The molecule has 0 bridgehead atoms. The van der Waals surface area contributed by atoms with Gasteiger partial charge in [0.05, 0.1) is 12.2 Å². The lowest BCUT2D eigenvalue weighted by Crippen LogP contribution is -2.81. The maximum absolute atomic E-state index is 12.5. The van der Waals surface area contributed by atoms with Gasteiger partial charge in [-0.25, -0.2) is 4.79 Å². The molecule has 114 valence electrons. The molecule has 1 saturated carbocycles. The van der Waals surface area contributed by atoms with Gasteiger partial charge in [0.1, 0.15) is 5.54 Å². The molecule has 2 aliphatic rings. The molecule has 2 fully saturated rings. The van der Waals surface area contributed by atoms with E-state index < -0.39 is 35.0 Å². The molecule has 1 aliphatic carbocycles. The SMILES string of the molecule is CC(O)C(NC(=O)C1(N)C2CCOC2C1(C)C)C(=O)O. The van der Waals surface area contributed by atoms with Crippen molar-refractivity contribution in [1.82, 2.24) is 5.32 Å². The summed E-state index contributed by atoms with van der Waals surface area (Å²) in [7, 11) is 0. The number of ether oxygens (including phenoxy) is 1. The highest BCUT2D eigenvalue weighted by molar-refractivity contribution is 5.92. The first-order valence-electron chi connectivity index (χ1n) is 6.76. The van der Waals surface area contributed by atoms with Crippen LogP contribution < -0.4 is 11.1 Å². The lowest BCUT2D eigenvalue weighted by Gasteiger charge is -2.60. The van der Waals surface area contributed by atoms with Gasteiger partial charge in [-0.2, -0.15) is 0 Å². The van der Waals surface area contributed by atoms with Crippen molar-refractivity contribution < 1.29 is 24.5 Å². The molecule has 1 saturated heterocycles. The van der Waals surface area contributed by atoms with Gasteiger partial charge in [0.25, 0.3) is 0 Å². The van der Waals surface area contributed by atoms with Crippen LogP contribution in [-0.2, 0) is 14.3 Å². The molecule has 5 unspecified atom stereocenters. The van der Waals surface area contributed by atoms with Gasteiger partial charge in [-0.05, 0) is 13.3 Å². The van der Waals surface area contributed by atoms with Crippen molar-refractivity contribution in [2.75, 3.05) is 6.61 Å². The Morgan fingerprint density at radius 3 is 2.55 bits per heavy atom. The Labute approximate surface area is 117 Å². The minimum atomic E-state index is -1.36. The highest BCUT2D eigenvalue weighted by atomic mass is 16.5. The fourth-order valence-corrected chi connectivity index (χ4v) is 3.49. The number of nitrogens with one attached hydrogen (secondary N) is 1. The molecule has 1 heterocycles. The molecule has 7 nitrogen and oxygen atoms in total. The van der Waals surface area contributed by atoms with Gasteiger partial charge >= 0.3 is 5.97 Å². The predicted octanol–water partition coefficient (Wildman–Crippen LogP) is -0.921. The largest absolute Gasteiger partial charge is 0.480 e. The van der Waals surface area contributed by atoms with Crippen LogP contribution >= 0.6 is 0 Å². The fraction of sp³-hybridized carbons (Fsp3) is 0.846. The minimum Gasteiger partial charge on any atom is -0.480 e. The molecule has 1 aliphatic heterocycles. The average Bonchev–Trinajstić information content (AvgIpc) is 2.81. The number of hydrogen-bond acceptors (Lipinski definition) is 5. The predicted molar refractivity (Wildman–Crippen MR) is 69.8 cm³/mol. The Morgan fingerprint density at radius 2 is 2.05 bits per heavy atom. The first-order valence-corrected chi connectivity index (χ1v) is 6.76. The quantitative estimate of drug-likeness (QED) is 0.530. The third kappa shape index (κ3) is 1.84. The Balaban J connectivity index is 2.18. The van der Waals surface area contributed by atoms with Crippen LogP contribution in [0.3, 0.4) is 0 Å². The number of aliphatic carboxylic acids is 1. The van der Waals surface area contributed by atoms with Gasteiger partial charge in [0.2, 0.25) is 5.91 Å². The molecule has 0 aromatic carbocycles. The van der Waals surface area contributed by atoms with Crippen LogP contribution in [0.5, 0.6) is 0 Å². The summed E-state index contributed by atoms with van der Waals surface area (Å²) >= 11 is 0. The summed E-state index contributed by atoms with van der Waals surface area (Å²) < 4.78 is 5.59. The van der Waals surface area contributed by atoms with Crippen LogP contribution in [0.15, 0.2) is 0 Å². The molecular weight excluding hydrogens is 264 g/mol. The number of fused-ring (bicyclic) bond motifs is 1. The number of carbonyl (C=O) groups is 2. The topological polar surface area (TPSA) is 122 Å². The standard InChI is InChI=1S/C13H22N2O5/c1-6(16)8(10(17)18)15-11(19)13(14)7-4-5-20-9(7)12(13,2)3/h6-9,16H,4-5,14H2,1-3H3,(H,15,19)(H,17,18). The number of nitrogens with two attached hydrogens (primary N) is 1. The summed E-state index contributed by atoms with van der Waals surface area (Å²) in [5, 5.41) is 20.8. The van der Waals surface area contributed by atoms with E-state index in [9.17, 15) is 14.7 Å².